The maximum Gasteiger partial charge on any atom is -0.0385 e. The Kier molecular flexibility index (Phi) is 66.1. The summed E-state index contributed by atoms with van der Waals surface area (Å²) in [4.78, 5) is 0. The second-order valence-electron chi connectivity index (χ2n) is 2.91. The van der Waals surface area contributed by atoms with Crippen LogP contribution < -0.4 is 0 Å². The summed E-state index contributed by atoms with van der Waals surface area (Å²) in [5.74, 6) is 0. The van der Waals surface area contributed by atoms with Crippen LogP contribution in [0.4, 0.5) is 0 Å². The van der Waals surface area contributed by atoms with Crippen LogP contribution in [0.2, 0.25) is 0 Å². The zero-order valence-electron chi connectivity index (χ0n) is 5.21. The van der Waals surface area contributed by atoms with Gasteiger partial charge in [0.2, 0.25) is 0 Å². The van der Waals surface area contributed by atoms with Crippen LogP contribution in [-0.2, 0) is 0 Å². The van der Waals surface area contributed by atoms with Crippen molar-refractivity contribution in [3.8, 4) is 0 Å². The molecule has 0 saturated carbocycles. The van der Waals surface area contributed by atoms with Gasteiger partial charge >= 0.3 is 0 Å². The molecule has 0 N–H and O–H groups in total. The Morgan fingerprint density at radius 1 is 0.727 bits per heavy atom. The van der Waals surface area contributed by atoms with Crippen molar-refractivity contribution in [2.45, 2.75) is 71.2 Å². The summed E-state index contributed by atoms with van der Waals surface area (Å²) in [7, 11) is 0. The summed E-state index contributed by atoms with van der Waals surface area (Å²) in [6.45, 7) is 8.94. The molecule has 0 heteroatoms. The summed E-state index contributed by atoms with van der Waals surface area (Å²) < 4.78 is 0. The molecule has 0 heterocycles. The van der Waals surface area contributed by atoms with Crippen LogP contribution in [0.25, 0.3) is 0 Å². The first-order chi connectivity index (χ1) is 2.56. The van der Waals surface area contributed by atoms with E-state index in [0.29, 0.717) is 5.41 Å². The highest BCUT2D eigenvalue weighted by Crippen LogP contribution is 2.16. The van der Waals surface area contributed by atoms with Gasteiger partial charge in [0.1, 0.15) is 0 Å². The molecule has 0 nitrogen and oxygen atoms in total. The van der Waals surface area contributed by atoms with E-state index in [0.717, 1.165) is 0 Å². The molecule has 0 saturated heterocycles. The quantitative estimate of drug-likeness (QED) is 0.438. The molecular weight excluding hydrogens is 132 g/mol. The standard InChI is InChI=1S/C6H14.5CH4/c1-5-6(2,3)4;;;;;/h5H2,1-4H3;5*1H4. The van der Waals surface area contributed by atoms with Gasteiger partial charge in [-0.3, -0.25) is 0 Å². The van der Waals surface area contributed by atoms with Crippen LogP contribution in [0.15, 0.2) is 0 Å². The van der Waals surface area contributed by atoms with Gasteiger partial charge < -0.3 is 0 Å². The van der Waals surface area contributed by atoms with Crippen molar-refractivity contribution < 1.29 is 0 Å². The average Bonchev–Trinajstić information content (AvgIpc) is 1.35. The summed E-state index contributed by atoms with van der Waals surface area (Å²) in [5.41, 5.74) is 0.542. The average molecular weight is 166 g/mol. The predicted octanol–water partition coefficient (Wildman–Crippen LogP) is 5.62. The Morgan fingerprint density at radius 2 is 0.818 bits per heavy atom. The Bertz CT molecular complexity index is 29.8. The molecule has 0 aliphatic heterocycles. The molecule has 0 fully saturated rings. The molecule has 0 bridgehead atoms. The molecule has 0 aromatic carbocycles. The molecule has 0 spiro atoms. The number of hydrogen-bond acceptors (Lipinski definition) is 0. The fraction of sp³-hybridized carbons (Fsp3) is 1.00. The van der Waals surface area contributed by atoms with Gasteiger partial charge in [-0.25, -0.2) is 0 Å². The van der Waals surface area contributed by atoms with Crippen molar-refractivity contribution in [3.05, 3.63) is 0 Å². The van der Waals surface area contributed by atoms with Crippen LogP contribution in [0, 0.1) is 5.41 Å². The van der Waals surface area contributed by atoms with E-state index in [1.54, 1.807) is 0 Å². The van der Waals surface area contributed by atoms with Crippen molar-refractivity contribution in [2.24, 2.45) is 5.41 Å². The zero-order valence-corrected chi connectivity index (χ0v) is 5.21. The second kappa shape index (κ2) is 16.5. The summed E-state index contributed by atoms with van der Waals surface area (Å²) in [6.07, 6.45) is 1.27. The minimum absolute atomic E-state index is 0. The summed E-state index contributed by atoms with van der Waals surface area (Å²) in [6, 6.07) is 0. The number of rotatable bonds is 0. The molecule has 0 atom stereocenters. The lowest BCUT2D eigenvalue weighted by molar-refractivity contribution is 0.398. The fourth-order valence-corrected chi connectivity index (χ4v) is 0. The molecule has 0 aliphatic carbocycles. The van der Waals surface area contributed by atoms with E-state index in [4.69, 9.17) is 0 Å². The molecule has 78 valence electrons. The SMILES string of the molecule is C.C.C.C.C.CCC(C)(C)C. The van der Waals surface area contributed by atoms with Gasteiger partial charge in [-0.1, -0.05) is 71.2 Å². The van der Waals surface area contributed by atoms with E-state index in [9.17, 15) is 0 Å². The minimum atomic E-state index is 0. The summed E-state index contributed by atoms with van der Waals surface area (Å²) >= 11 is 0. The zero-order chi connectivity index (χ0) is 5.21. The Labute approximate surface area is 77.4 Å². The van der Waals surface area contributed by atoms with Gasteiger partial charge in [0, 0.05) is 0 Å². The second-order valence-corrected chi connectivity index (χ2v) is 2.91. The molecule has 0 rings (SSSR count). The normalized spacial score (nSPS) is 6.55. The first-order valence-corrected chi connectivity index (χ1v) is 2.56. The highest BCUT2D eigenvalue weighted by molar-refractivity contribution is 4.55. The smallest absolute Gasteiger partial charge is 0.0385 e. The van der Waals surface area contributed by atoms with E-state index in [1.165, 1.54) is 6.42 Å². The Morgan fingerprint density at radius 3 is 0.818 bits per heavy atom. The molecule has 0 aromatic heterocycles. The van der Waals surface area contributed by atoms with Crippen LogP contribution in [0.3, 0.4) is 0 Å². The molecule has 0 amide bonds. The van der Waals surface area contributed by atoms with E-state index >= 15 is 0 Å². The lowest BCUT2D eigenvalue weighted by Crippen LogP contribution is -2.00. The molecule has 0 radical (unpaired) electrons. The fourth-order valence-electron chi connectivity index (χ4n) is 0. The van der Waals surface area contributed by atoms with E-state index in [1.807, 2.05) is 0 Å². The maximum atomic E-state index is 2.24. The first-order valence-electron chi connectivity index (χ1n) is 2.56. The van der Waals surface area contributed by atoms with Crippen LogP contribution >= 0.6 is 0 Å². The third-order valence-electron chi connectivity index (χ3n) is 1.06. The molecule has 0 aromatic rings. The third-order valence-corrected chi connectivity index (χ3v) is 1.06. The molecule has 11 heavy (non-hydrogen) atoms. The van der Waals surface area contributed by atoms with Crippen LogP contribution in [-0.4, -0.2) is 0 Å². The predicted molar refractivity (Wildman–Crippen MR) is 63.4 cm³/mol. The van der Waals surface area contributed by atoms with Gasteiger partial charge in [0.15, 0.2) is 0 Å². The molecular formula is C11H34. The lowest BCUT2D eigenvalue weighted by atomic mass is 9.94. The topological polar surface area (TPSA) is 0 Å². The van der Waals surface area contributed by atoms with Crippen LogP contribution in [0.1, 0.15) is 71.2 Å². The minimum Gasteiger partial charge on any atom is -0.0776 e. The maximum absolute atomic E-state index is 2.24. The first kappa shape index (κ1) is 44.0. The third kappa shape index (κ3) is 71.1. The Hall–Kier alpha value is 0. The van der Waals surface area contributed by atoms with Crippen molar-refractivity contribution >= 4 is 0 Å². The van der Waals surface area contributed by atoms with Gasteiger partial charge in [0.25, 0.3) is 0 Å². The van der Waals surface area contributed by atoms with Crippen LogP contribution in [0.5, 0.6) is 0 Å². The van der Waals surface area contributed by atoms with E-state index in [2.05, 4.69) is 27.7 Å². The number of hydrogen-bond donors (Lipinski definition) is 0. The van der Waals surface area contributed by atoms with Gasteiger partial charge in [-0.15, -0.1) is 0 Å². The van der Waals surface area contributed by atoms with Crippen molar-refractivity contribution in [1.82, 2.24) is 0 Å². The van der Waals surface area contributed by atoms with E-state index in [-0.39, 0.29) is 37.1 Å². The summed E-state index contributed by atoms with van der Waals surface area (Å²) in [5, 5.41) is 0. The Balaban J connectivity index is -0.0000000125. The monoisotopic (exact) mass is 166 g/mol. The van der Waals surface area contributed by atoms with E-state index < -0.39 is 0 Å². The van der Waals surface area contributed by atoms with Crippen molar-refractivity contribution in [2.75, 3.05) is 0 Å². The van der Waals surface area contributed by atoms with Gasteiger partial charge in [-0.2, -0.15) is 0 Å². The highest BCUT2D eigenvalue weighted by atomic mass is 14.1. The van der Waals surface area contributed by atoms with Gasteiger partial charge in [0.05, 0.1) is 0 Å². The largest absolute Gasteiger partial charge is 0.0776 e. The molecule has 0 unspecified atom stereocenters. The van der Waals surface area contributed by atoms with Crippen molar-refractivity contribution in [1.29, 1.82) is 0 Å². The van der Waals surface area contributed by atoms with Gasteiger partial charge in [-0.05, 0) is 5.41 Å². The highest BCUT2D eigenvalue weighted by Gasteiger charge is 2.03. The molecule has 0 aliphatic rings. The lowest BCUT2D eigenvalue weighted by Gasteiger charge is -2.12. The van der Waals surface area contributed by atoms with Crippen molar-refractivity contribution in [3.63, 3.8) is 0 Å².